The van der Waals surface area contributed by atoms with Gasteiger partial charge in [0.2, 0.25) is 0 Å². The number of aryl methyl sites for hydroxylation is 2. The molecule has 0 saturated heterocycles. The zero-order chi connectivity index (χ0) is 16.6. The maximum absolute atomic E-state index is 12.3. The number of hydrogen-bond acceptors (Lipinski definition) is 5. The Morgan fingerprint density at radius 3 is 2.78 bits per heavy atom. The monoisotopic (exact) mass is 327 g/mol. The molecule has 0 fully saturated rings. The number of aromatic nitrogens is 1. The Labute approximate surface area is 135 Å². The van der Waals surface area contributed by atoms with Crippen LogP contribution in [0.2, 0.25) is 0 Å². The molecule has 0 bridgehead atoms. The summed E-state index contributed by atoms with van der Waals surface area (Å²) in [5, 5.41) is 14.0. The minimum atomic E-state index is -0.527. The maximum Gasteiger partial charge on any atom is 0.270 e. The molecular formula is C16H13N3O3S. The van der Waals surface area contributed by atoms with Crippen LogP contribution in [-0.2, 0) is 0 Å². The third-order valence-electron chi connectivity index (χ3n) is 3.37. The van der Waals surface area contributed by atoms with Gasteiger partial charge >= 0.3 is 0 Å². The molecule has 3 aromatic rings. The molecule has 0 aliphatic carbocycles. The van der Waals surface area contributed by atoms with Gasteiger partial charge in [0.15, 0.2) is 5.13 Å². The lowest BCUT2D eigenvalue weighted by atomic mass is 10.1. The number of fused-ring (bicyclic) bond motifs is 1. The molecular weight excluding hydrogens is 314 g/mol. The van der Waals surface area contributed by atoms with E-state index in [1.807, 2.05) is 26.0 Å². The highest BCUT2D eigenvalue weighted by Crippen LogP contribution is 2.29. The number of nitrogens with zero attached hydrogens (tertiary/aromatic N) is 2. The van der Waals surface area contributed by atoms with Crippen LogP contribution < -0.4 is 5.32 Å². The molecule has 1 amide bonds. The largest absolute Gasteiger partial charge is 0.298 e. The number of thiazole rings is 1. The van der Waals surface area contributed by atoms with Crippen molar-refractivity contribution in [2.24, 2.45) is 0 Å². The molecule has 0 atom stereocenters. The quantitative estimate of drug-likeness (QED) is 0.580. The summed E-state index contributed by atoms with van der Waals surface area (Å²) in [6.45, 7) is 3.98. The number of hydrogen-bond donors (Lipinski definition) is 1. The molecule has 1 heterocycles. The lowest BCUT2D eigenvalue weighted by Crippen LogP contribution is -2.11. The van der Waals surface area contributed by atoms with Crippen molar-refractivity contribution in [1.29, 1.82) is 0 Å². The molecule has 3 rings (SSSR count). The first kappa shape index (κ1) is 15.1. The number of nitro benzene ring substituents is 1. The van der Waals surface area contributed by atoms with Crippen LogP contribution in [0.15, 0.2) is 36.4 Å². The molecule has 1 aromatic heterocycles. The number of benzene rings is 2. The van der Waals surface area contributed by atoms with E-state index in [2.05, 4.69) is 10.3 Å². The molecule has 23 heavy (non-hydrogen) atoms. The van der Waals surface area contributed by atoms with Crippen molar-refractivity contribution in [3.05, 3.63) is 63.2 Å². The van der Waals surface area contributed by atoms with E-state index < -0.39 is 10.8 Å². The average Bonchev–Trinajstić information content (AvgIpc) is 2.90. The molecule has 0 spiro atoms. The number of non-ortho nitro benzene ring substituents is 1. The predicted octanol–water partition coefficient (Wildman–Crippen LogP) is 4.07. The summed E-state index contributed by atoms with van der Waals surface area (Å²) in [5.41, 5.74) is 3.15. The first-order valence-electron chi connectivity index (χ1n) is 6.87. The number of rotatable bonds is 3. The molecule has 6 nitrogen and oxygen atoms in total. The van der Waals surface area contributed by atoms with Crippen LogP contribution in [0.25, 0.3) is 10.2 Å². The Morgan fingerprint density at radius 2 is 2.04 bits per heavy atom. The number of nitrogens with one attached hydrogen (secondary N) is 1. The fraction of sp³-hybridized carbons (Fsp3) is 0.125. The van der Waals surface area contributed by atoms with Gasteiger partial charge in [-0.15, -0.1) is 0 Å². The van der Waals surface area contributed by atoms with E-state index in [1.165, 1.54) is 35.6 Å². The average molecular weight is 327 g/mol. The van der Waals surface area contributed by atoms with Gasteiger partial charge in [-0.1, -0.05) is 23.5 Å². The number of carbonyl (C=O) groups excluding carboxylic acids is 1. The van der Waals surface area contributed by atoms with Gasteiger partial charge in [-0.3, -0.25) is 20.2 Å². The van der Waals surface area contributed by atoms with Crippen LogP contribution in [0.1, 0.15) is 21.5 Å². The van der Waals surface area contributed by atoms with E-state index in [1.54, 1.807) is 0 Å². The van der Waals surface area contributed by atoms with E-state index in [-0.39, 0.29) is 11.3 Å². The third-order valence-corrected chi connectivity index (χ3v) is 4.29. The van der Waals surface area contributed by atoms with Gasteiger partial charge in [0.1, 0.15) is 0 Å². The minimum absolute atomic E-state index is 0.117. The number of anilines is 1. The molecule has 0 aliphatic rings. The second kappa shape index (κ2) is 5.77. The van der Waals surface area contributed by atoms with Gasteiger partial charge in [-0.25, -0.2) is 4.98 Å². The Bertz CT molecular complexity index is 933. The molecule has 0 unspecified atom stereocenters. The maximum atomic E-state index is 12.3. The molecule has 1 N–H and O–H groups in total. The second-order valence-electron chi connectivity index (χ2n) is 5.21. The number of nitro groups is 1. The summed E-state index contributed by atoms with van der Waals surface area (Å²) in [7, 11) is 0. The van der Waals surface area contributed by atoms with E-state index in [4.69, 9.17) is 0 Å². The summed E-state index contributed by atoms with van der Waals surface area (Å²) < 4.78 is 0.997. The van der Waals surface area contributed by atoms with Crippen molar-refractivity contribution in [2.75, 3.05) is 5.32 Å². The Kier molecular flexibility index (Phi) is 3.79. The second-order valence-corrected chi connectivity index (χ2v) is 6.24. The standard InChI is InChI=1S/C16H13N3O3S/c1-9-6-10(2)14-13(7-9)23-16(17-14)18-15(20)11-4-3-5-12(8-11)19(21)22/h3-8H,1-2H3,(H,17,18,20). The first-order chi connectivity index (χ1) is 10.9. The smallest absolute Gasteiger partial charge is 0.270 e. The SMILES string of the molecule is Cc1cc(C)c2nc(NC(=O)c3cccc([N+](=O)[O-])c3)sc2c1. The van der Waals surface area contributed by atoms with E-state index in [9.17, 15) is 14.9 Å². The normalized spacial score (nSPS) is 10.7. The molecule has 0 radical (unpaired) electrons. The molecule has 7 heteroatoms. The van der Waals surface area contributed by atoms with E-state index >= 15 is 0 Å². The third kappa shape index (κ3) is 3.04. The van der Waals surface area contributed by atoms with Gasteiger partial charge in [-0.2, -0.15) is 0 Å². The highest BCUT2D eigenvalue weighted by atomic mass is 32.1. The Balaban J connectivity index is 1.90. The van der Waals surface area contributed by atoms with Crippen LogP contribution in [0.4, 0.5) is 10.8 Å². The highest BCUT2D eigenvalue weighted by molar-refractivity contribution is 7.22. The van der Waals surface area contributed by atoms with Crippen molar-refractivity contribution < 1.29 is 9.72 Å². The van der Waals surface area contributed by atoms with Crippen LogP contribution in [-0.4, -0.2) is 15.8 Å². The molecule has 2 aromatic carbocycles. The predicted molar refractivity (Wildman–Crippen MR) is 90.1 cm³/mol. The highest BCUT2D eigenvalue weighted by Gasteiger charge is 2.14. The van der Waals surface area contributed by atoms with Gasteiger partial charge in [0.05, 0.1) is 15.1 Å². The Morgan fingerprint density at radius 1 is 1.26 bits per heavy atom. The summed E-state index contributed by atoms with van der Waals surface area (Å²) in [6.07, 6.45) is 0. The molecule has 116 valence electrons. The van der Waals surface area contributed by atoms with Gasteiger partial charge < -0.3 is 0 Å². The lowest BCUT2D eigenvalue weighted by Gasteiger charge is -2.01. The van der Waals surface area contributed by atoms with Crippen LogP contribution in [0, 0.1) is 24.0 Å². The fourth-order valence-electron chi connectivity index (χ4n) is 2.35. The van der Waals surface area contributed by atoms with Crippen LogP contribution >= 0.6 is 11.3 Å². The van der Waals surface area contributed by atoms with Crippen molar-refractivity contribution in [2.45, 2.75) is 13.8 Å². The van der Waals surface area contributed by atoms with Gasteiger partial charge in [0.25, 0.3) is 11.6 Å². The minimum Gasteiger partial charge on any atom is -0.298 e. The summed E-state index contributed by atoms with van der Waals surface area (Å²) in [4.78, 5) is 26.9. The number of carbonyl (C=O) groups is 1. The first-order valence-corrected chi connectivity index (χ1v) is 7.69. The summed E-state index contributed by atoms with van der Waals surface area (Å²) >= 11 is 1.38. The van der Waals surface area contributed by atoms with E-state index in [0.717, 1.165) is 21.3 Å². The van der Waals surface area contributed by atoms with Crippen molar-refractivity contribution >= 4 is 38.3 Å². The van der Waals surface area contributed by atoms with Gasteiger partial charge in [-0.05, 0) is 37.1 Å². The fourth-order valence-corrected chi connectivity index (χ4v) is 3.39. The van der Waals surface area contributed by atoms with Crippen LogP contribution in [0.3, 0.4) is 0 Å². The van der Waals surface area contributed by atoms with Gasteiger partial charge in [0, 0.05) is 17.7 Å². The zero-order valence-electron chi connectivity index (χ0n) is 12.5. The number of amides is 1. The summed E-state index contributed by atoms with van der Waals surface area (Å²) in [6, 6.07) is 9.67. The molecule has 0 saturated carbocycles. The topological polar surface area (TPSA) is 85.1 Å². The lowest BCUT2D eigenvalue weighted by molar-refractivity contribution is -0.384. The van der Waals surface area contributed by atoms with Crippen LogP contribution in [0.5, 0.6) is 0 Å². The van der Waals surface area contributed by atoms with E-state index in [0.29, 0.717) is 5.13 Å². The Hall–Kier alpha value is -2.80. The van der Waals surface area contributed by atoms with Crippen molar-refractivity contribution in [1.82, 2.24) is 4.98 Å². The molecule has 0 aliphatic heterocycles. The zero-order valence-corrected chi connectivity index (χ0v) is 13.3. The van der Waals surface area contributed by atoms with Crippen molar-refractivity contribution in [3.63, 3.8) is 0 Å². The summed E-state index contributed by atoms with van der Waals surface area (Å²) in [5.74, 6) is -0.415. The van der Waals surface area contributed by atoms with Crippen molar-refractivity contribution in [3.8, 4) is 0 Å².